The molecule has 0 aromatic heterocycles. The average Bonchev–Trinajstić information content (AvgIpc) is 3.07. The highest BCUT2D eigenvalue weighted by molar-refractivity contribution is 6.36. The number of halogens is 1. The number of rotatable bonds is 13. The maximum absolute atomic E-state index is 13.6. The quantitative estimate of drug-likeness (QED) is 0.256. The lowest BCUT2D eigenvalue weighted by molar-refractivity contribution is -0.137. The largest absolute Gasteiger partial charge is 0.337 e. The molecule has 0 N–H and O–H groups in total. The van der Waals surface area contributed by atoms with Crippen molar-refractivity contribution >= 4 is 23.1 Å². The molecule has 2 aromatic carbocycles. The van der Waals surface area contributed by atoms with Crippen LogP contribution in [0.1, 0.15) is 70.8 Å². The number of imide groups is 1. The normalized spacial score (nSPS) is 13.8. The highest BCUT2D eigenvalue weighted by Gasteiger charge is 2.41. The van der Waals surface area contributed by atoms with Gasteiger partial charge in [-0.05, 0) is 43.2 Å². The average molecular weight is 451 g/mol. The third kappa shape index (κ3) is 6.10. The zero-order valence-corrected chi connectivity index (χ0v) is 19.9. The van der Waals surface area contributed by atoms with Gasteiger partial charge in [-0.15, -0.1) is 0 Å². The molecule has 0 spiro atoms. The summed E-state index contributed by atoms with van der Waals surface area (Å²) in [6, 6.07) is 15.4. The standard InChI is InChI=1S/C28H35FN2O2/c1-3-5-6-7-8-9-10-14-21-31-27(32)25(22-17-19-23(29)20-18-22)26(28(31)33)30(4-2)24-15-12-11-13-16-24/h11-13,15-20H,3-10,14,21H2,1-2H3. The molecular formula is C28H35FN2O2. The number of unbranched alkanes of at least 4 members (excludes halogenated alkanes) is 7. The van der Waals surface area contributed by atoms with Crippen molar-refractivity contribution in [2.45, 2.75) is 65.2 Å². The number of likely N-dealkylation sites (N-methyl/N-ethyl adjacent to an activating group) is 1. The monoisotopic (exact) mass is 450 g/mol. The lowest BCUT2D eigenvalue weighted by atomic mass is 10.0. The molecule has 3 rings (SSSR count). The van der Waals surface area contributed by atoms with E-state index in [0.29, 0.717) is 29.9 Å². The number of benzene rings is 2. The second-order valence-electron chi connectivity index (χ2n) is 8.55. The van der Waals surface area contributed by atoms with Crippen molar-refractivity contribution in [1.82, 2.24) is 4.90 Å². The van der Waals surface area contributed by atoms with Gasteiger partial charge >= 0.3 is 0 Å². The van der Waals surface area contributed by atoms with Crippen LogP contribution < -0.4 is 4.90 Å². The summed E-state index contributed by atoms with van der Waals surface area (Å²) in [5.41, 5.74) is 2.15. The third-order valence-electron chi connectivity index (χ3n) is 6.17. The highest BCUT2D eigenvalue weighted by Crippen LogP contribution is 2.34. The molecule has 1 aliphatic rings. The Balaban J connectivity index is 1.79. The van der Waals surface area contributed by atoms with Crippen molar-refractivity contribution in [3.05, 3.63) is 71.7 Å². The number of anilines is 1. The van der Waals surface area contributed by atoms with Crippen molar-refractivity contribution in [1.29, 1.82) is 0 Å². The summed E-state index contributed by atoms with van der Waals surface area (Å²) < 4.78 is 13.6. The molecule has 0 aliphatic carbocycles. The van der Waals surface area contributed by atoms with E-state index in [2.05, 4.69) is 6.92 Å². The number of para-hydroxylation sites is 1. The van der Waals surface area contributed by atoms with Crippen LogP contribution in [0.15, 0.2) is 60.3 Å². The number of amides is 2. The Morgan fingerprint density at radius 3 is 1.97 bits per heavy atom. The fourth-order valence-electron chi connectivity index (χ4n) is 4.38. The molecule has 0 atom stereocenters. The molecule has 0 fully saturated rings. The van der Waals surface area contributed by atoms with Gasteiger partial charge in [0.05, 0.1) is 5.57 Å². The molecule has 5 heteroatoms. The van der Waals surface area contributed by atoms with Crippen LogP contribution in [-0.4, -0.2) is 29.8 Å². The molecule has 0 bridgehead atoms. The maximum atomic E-state index is 13.6. The molecule has 0 unspecified atom stereocenters. The second-order valence-corrected chi connectivity index (χ2v) is 8.55. The maximum Gasteiger partial charge on any atom is 0.278 e. The summed E-state index contributed by atoms with van der Waals surface area (Å²) in [5, 5.41) is 0. The lowest BCUT2D eigenvalue weighted by Crippen LogP contribution is -2.36. The van der Waals surface area contributed by atoms with Crippen LogP contribution in [0.25, 0.3) is 5.57 Å². The summed E-state index contributed by atoms with van der Waals surface area (Å²) in [6.45, 7) is 5.12. The Labute approximate surface area is 197 Å². The molecule has 176 valence electrons. The zero-order valence-electron chi connectivity index (χ0n) is 19.9. The van der Waals surface area contributed by atoms with Crippen molar-refractivity contribution in [3.8, 4) is 0 Å². The van der Waals surface area contributed by atoms with Gasteiger partial charge < -0.3 is 4.90 Å². The summed E-state index contributed by atoms with van der Waals surface area (Å²) in [5.74, 6) is -0.934. The van der Waals surface area contributed by atoms with Gasteiger partial charge in [0.1, 0.15) is 11.5 Å². The predicted molar refractivity (Wildman–Crippen MR) is 132 cm³/mol. The van der Waals surface area contributed by atoms with E-state index in [1.807, 2.05) is 42.2 Å². The first-order valence-electron chi connectivity index (χ1n) is 12.3. The van der Waals surface area contributed by atoms with Gasteiger partial charge in [-0.1, -0.05) is 82.2 Å². The first kappa shape index (κ1) is 24.7. The van der Waals surface area contributed by atoms with Crippen LogP contribution >= 0.6 is 0 Å². The minimum absolute atomic E-state index is 0.270. The van der Waals surface area contributed by atoms with E-state index in [0.717, 1.165) is 24.9 Å². The van der Waals surface area contributed by atoms with Gasteiger partial charge in [-0.25, -0.2) is 4.39 Å². The molecule has 0 saturated heterocycles. The van der Waals surface area contributed by atoms with Gasteiger partial charge in [-0.2, -0.15) is 0 Å². The molecule has 4 nitrogen and oxygen atoms in total. The number of hydrogen-bond acceptors (Lipinski definition) is 3. The summed E-state index contributed by atoms with van der Waals surface area (Å²) in [6.07, 6.45) is 9.17. The van der Waals surface area contributed by atoms with E-state index in [1.54, 1.807) is 12.1 Å². The first-order chi connectivity index (χ1) is 16.1. The Morgan fingerprint density at radius 1 is 0.758 bits per heavy atom. The van der Waals surface area contributed by atoms with Crippen molar-refractivity contribution in [2.24, 2.45) is 0 Å². The molecule has 0 saturated carbocycles. The number of hydrogen-bond donors (Lipinski definition) is 0. The summed E-state index contributed by atoms with van der Waals surface area (Å²) in [7, 11) is 0. The van der Waals surface area contributed by atoms with Gasteiger partial charge in [-0.3, -0.25) is 14.5 Å². The van der Waals surface area contributed by atoms with E-state index in [-0.39, 0.29) is 17.6 Å². The van der Waals surface area contributed by atoms with E-state index >= 15 is 0 Å². The van der Waals surface area contributed by atoms with Crippen LogP contribution in [0.4, 0.5) is 10.1 Å². The van der Waals surface area contributed by atoms with Crippen molar-refractivity contribution in [2.75, 3.05) is 18.0 Å². The smallest absolute Gasteiger partial charge is 0.278 e. The molecular weight excluding hydrogens is 415 g/mol. The molecule has 1 heterocycles. The Bertz CT molecular complexity index is 954. The molecule has 33 heavy (non-hydrogen) atoms. The Kier molecular flexibility index (Phi) is 9.23. The lowest BCUT2D eigenvalue weighted by Gasteiger charge is -2.25. The summed E-state index contributed by atoms with van der Waals surface area (Å²) >= 11 is 0. The van der Waals surface area contributed by atoms with E-state index < -0.39 is 0 Å². The van der Waals surface area contributed by atoms with E-state index in [1.165, 1.54) is 49.1 Å². The van der Waals surface area contributed by atoms with E-state index in [9.17, 15) is 14.0 Å². The first-order valence-corrected chi connectivity index (χ1v) is 12.3. The van der Waals surface area contributed by atoms with Crippen molar-refractivity contribution in [3.63, 3.8) is 0 Å². The SMILES string of the molecule is CCCCCCCCCCN1C(=O)C(c2ccc(F)cc2)=C(N(CC)c2ccccc2)C1=O. The summed E-state index contributed by atoms with van der Waals surface area (Å²) in [4.78, 5) is 30.2. The topological polar surface area (TPSA) is 40.6 Å². The fraction of sp³-hybridized carbons (Fsp3) is 0.429. The van der Waals surface area contributed by atoms with Crippen LogP contribution in [0.5, 0.6) is 0 Å². The van der Waals surface area contributed by atoms with Crippen LogP contribution in [0.2, 0.25) is 0 Å². The molecule has 0 radical (unpaired) electrons. The molecule has 1 aliphatic heterocycles. The van der Waals surface area contributed by atoms with Gasteiger partial charge in [0, 0.05) is 18.8 Å². The fourth-order valence-corrected chi connectivity index (χ4v) is 4.38. The highest BCUT2D eigenvalue weighted by atomic mass is 19.1. The van der Waals surface area contributed by atoms with Crippen molar-refractivity contribution < 1.29 is 14.0 Å². The van der Waals surface area contributed by atoms with E-state index in [4.69, 9.17) is 0 Å². The van der Waals surface area contributed by atoms with Crippen LogP contribution in [-0.2, 0) is 9.59 Å². The number of carbonyl (C=O) groups excluding carboxylic acids is 2. The number of carbonyl (C=O) groups is 2. The zero-order chi connectivity index (χ0) is 23.6. The Morgan fingerprint density at radius 2 is 1.36 bits per heavy atom. The van der Waals surface area contributed by atoms with Crippen LogP contribution in [0.3, 0.4) is 0 Å². The van der Waals surface area contributed by atoms with Gasteiger partial charge in [0.2, 0.25) is 0 Å². The molecule has 2 amide bonds. The second kappa shape index (κ2) is 12.3. The van der Waals surface area contributed by atoms with Gasteiger partial charge in [0.25, 0.3) is 11.8 Å². The van der Waals surface area contributed by atoms with Gasteiger partial charge in [0.15, 0.2) is 0 Å². The van der Waals surface area contributed by atoms with Crippen LogP contribution in [0, 0.1) is 5.82 Å². The third-order valence-corrected chi connectivity index (χ3v) is 6.17. The molecule has 2 aromatic rings. The Hall–Kier alpha value is -2.95. The predicted octanol–water partition coefficient (Wildman–Crippen LogP) is 6.57. The minimum Gasteiger partial charge on any atom is -0.337 e. The minimum atomic E-state index is -0.371. The number of nitrogens with zero attached hydrogens (tertiary/aromatic N) is 2.